The molecule has 0 spiro atoms. The van der Waals surface area contributed by atoms with E-state index in [1.165, 1.54) is 7.05 Å². The SMILES string of the molecule is CN(C(=O)OCC1c2ccccc2-c2ccccc21)[C@@H](CC(=O)O)C(=O)N1CCCC(F)(F)C1. The van der Waals surface area contributed by atoms with Crippen molar-refractivity contribution in [2.24, 2.45) is 0 Å². The Hall–Kier alpha value is -3.49. The third kappa shape index (κ3) is 4.73. The Kier molecular flexibility index (Phi) is 6.54. The number of carboxylic acids is 1. The smallest absolute Gasteiger partial charge is 0.410 e. The highest BCUT2D eigenvalue weighted by molar-refractivity contribution is 5.89. The van der Waals surface area contributed by atoms with E-state index in [1.807, 2.05) is 48.5 Å². The van der Waals surface area contributed by atoms with E-state index in [-0.39, 0.29) is 31.9 Å². The molecule has 2 amide bonds. The molecule has 0 unspecified atom stereocenters. The zero-order valence-electron chi connectivity index (χ0n) is 18.7. The van der Waals surface area contributed by atoms with Crippen LogP contribution < -0.4 is 0 Å². The number of carbonyl (C=O) groups excluding carboxylic acids is 2. The summed E-state index contributed by atoms with van der Waals surface area (Å²) < 4.78 is 33.2. The van der Waals surface area contributed by atoms with E-state index in [0.717, 1.165) is 32.1 Å². The molecule has 0 radical (unpaired) electrons. The van der Waals surface area contributed by atoms with E-state index < -0.39 is 42.9 Å². The van der Waals surface area contributed by atoms with Crippen LogP contribution in [0.2, 0.25) is 0 Å². The Morgan fingerprint density at radius 1 is 1.12 bits per heavy atom. The number of likely N-dealkylation sites (N-methyl/N-ethyl adjacent to an activating group) is 1. The van der Waals surface area contributed by atoms with Crippen LogP contribution in [0.25, 0.3) is 11.1 Å². The number of benzene rings is 2. The van der Waals surface area contributed by atoms with Gasteiger partial charge in [0.15, 0.2) is 0 Å². The van der Waals surface area contributed by atoms with Gasteiger partial charge in [-0.05, 0) is 28.7 Å². The van der Waals surface area contributed by atoms with Crippen molar-refractivity contribution in [2.45, 2.75) is 37.1 Å². The fraction of sp³-hybridized carbons (Fsp3) is 0.400. The minimum absolute atomic E-state index is 0.00698. The molecule has 1 atom stereocenters. The van der Waals surface area contributed by atoms with Crippen LogP contribution in [0.1, 0.15) is 36.3 Å². The molecule has 1 heterocycles. The molecule has 2 aromatic carbocycles. The lowest BCUT2D eigenvalue weighted by Gasteiger charge is -2.36. The summed E-state index contributed by atoms with van der Waals surface area (Å²) in [6, 6.07) is 14.2. The Balaban J connectivity index is 1.48. The van der Waals surface area contributed by atoms with E-state index >= 15 is 0 Å². The summed E-state index contributed by atoms with van der Waals surface area (Å²) in [6.45, 7) is -0.712. The summed E-state index contributed by atoms with van der Waals surface area (Å²) in [5.41, 5.74) is 4.12. The van der Waals surface area contributed by atoms with Crippen LogP contribution in [0.4, 0.5) is 13.6 Å². The fourth-order valence-corrected chi connectivity index (χ4v) is 4.74. The fourth-order valence-electron chi connectivity index (χ4n) is 4.74. The topological polar surface area (TPSA) is 87.1 Å². The van der Waals surface area contributed by atoms with Crippen LogP contribution in [0, 0.1) is 0 Å². The van der Waals surface area contributed by atoms with Gasteiger partial charge in [-0.3, -0.25) is 14.5 Å². The number of likely N-dealkylation sites (tertiary alicyclic amines) is 1. The van der Waals surface area contributed by atoms with Crippen molar-refractivity contribution in [3.05, 3.63) is 59.7 Å². The number of amides is 2. The van der Waals surface area contributed by atoms with Crippen LogP contribution >= 0.6 is 0 Å². The first-order valence-electron chi connectivity index (χ1n) is 11.1. The van der Waals surface area contributed by atoms with Gasteiger partial charge in [-0.1, -0.05) is 48.5 Å². The number of fused-ring (bicyclic) bond motifs is 3. The summed E-state index contributed by atoms with van der Waals surface area (Å²) in [7, 11) is 1.26. The van der Waals surface area contributed by atoms with Crippen molar-refractivity contribution >= 4 is 18.0 Å². The summed E-state index contributed by atoms with van der Waals surface area (Å²) in [5.74, 6) is -5.39. The molecule has 0 bridgehead atoms. The van der Waals surface area contributed by atoms with E-state index in [2.05, 4.69) is 0 Å². The van der Waals surface area contributed by atoms with Crippen molar-refractivity contribution < 1.29 is 33.0 Å². The van der Waals surface area contributed by atoms with Gasteiger partial charge >= 0.3 is 12.1 Å². The van der Waals surface area contributed by atoms with Crippen LogP contribution in [0.15, 0.2) is 48.5 Å². The lowest BCUT2D eigenvalue weighted by Crippen LogP contribution is -2.54. The second-order valence-electron chi connectivity index (χ2n) is 8.75. The number of hydrogen-bond donors (Lipinski definition) is 1. The first-order chi connectivity index (χ1) is 16.2. The van der Waals surface area contributed by atoms with E-state index in [9.17, 15) is 28.3 Å². The predicted octanol–water partition coefficient (Wildman–Crippen LogP) is 3.97. The van der Waals surface area contributed by atoms with Gasteiger partial charge in [-0.15, -0.1) is 0 Å². The molecule has 34 heavy (non-hydrogen) atoms. The Labute approximate surface area is 195 Å². The number of aliphatic carboxylic acids is 1. The number of piperidine rings is 1. The first kappa shape index (κ1) is 23.7. The number of rotatable bonds is 6. The zero-order chi connectivity index (χ0) is 24.5. The molecule has 0 saturated carbocycles. The van der Waals surface area contributed by atoms with Crippen molar-refractivity contribution in [2.75, 3.05) is 26.7 Å². The van der Waals surface area contributed by atoms with Gasteiger partial charge < -0.3 is 14.7 Å². The monoisotopic (exact) mass is 472 g/mol. The number of ether oxygens (including phenoxy) is 1. The number of nitrogens with zero attached hydrogens (tertiary/aromatic N) is 2. The van der Waals surface area contributed by atoms with Gasteiger partial charge in [0.25, 0.3) is 5.92 Å². The quantitative estimate of drug-likeness (QED) is 0.688. The highest BCUT2D eigenvalue weighted by Gasteiger charge is 2.41. The molecule has 2 aliphatic rings. The zero-order valence-corrected chi connectivity index (χ0v) is 18.7. The third-order valence-electron chi connectivity index (χ3n) is 6.45. The molecule has 0 aromatic heterocycles. The van der Waals surface area contributed by atoms with Crippen molar-refractivity contribution in [3.8, 4) is 11.1 Å². The van der Waals surface area contributed by atoms with Gasteiger partial charge in [-0.25, -0.2) is 13.6 Å². The maximum Gasteiger partial charge on any atom is 0.410 e. The third-order valence-corrected chi connectivity index (χ3v) is 6.45. The summed E-state index contributed by atoms with van der Waals surface area (Å²) >= 11 is 0. The normalized spacial score (nSPS) is 17.4. The number of alkyl halides is 2. The van der Waals surface area contributed by atoms with Gasteiger partial charge in [0.05, 0.1) is 13.0 Å². The average Bonchev–Trinajstić information content (AvgIpc) is 3.13. The minimum Gasteiger partial charge on any atom is -0.481 e. The maximum absolute atomic E-state index is 13.8. The largest absolute Gasteiger partial charge is 0.481 e. The second kappa shape index (κ2) is 9.40. The van der Waals surface area contributed by atoms with Gasteiger partial charge in [0, 0.05) is 25.9 Å². The lowest BCUT2D eigenvalue weighted by atomic mass is 9.98. The molecular weight excluding hydrogens is 446 g/mol. The summed E-state index contributed by atoms with van der Waals surface area (Å²) in [4.78, 5) is 39.0. The maximum atomic E-state index is 13.8. The molecule has 9 heteroatoms. The molecule has 1 N–H and O–H groups in total. The van der Waals surface area contributed by atoms with E-state index in [4.69, 9.17) is 4.74 Å². The summed E-state index contributed by atoms with van der Waals surface area (Å²) in [6.07, 6.45) is -1.82. The number of carboxylic acid groups (broad SMARTS) is 1. The van der Waals surface area contributed by atoms with Gasteiger partial charge in [0.2, 0.25) is 5.91 Å². The molecule has 1 fully saturated rings. The Morgan fingerprint density at radius 3 is 2.26 bits per heavy atom. The lowest BCUT2D eigenvalue weighted by molar-refractivity contribution is -0.150. The number of halogens is 2. The number of hydrogen-bond acceptors (Lipinski definition) is 4. The molecule has 1 aliphatic carbocycles. The second-order valence-corrected chi connectivity index (χ2v) is 8.75. The highest BCUT2D eigenvalue weighted by atomic mass is 19.3. The summed E-state index contributed by atoms with van der Waals surface area (Å²) in [5, 5.41) is 9.29. The average molecular weight is 472 g/mol. The van der Waals surface area contributed by atoms with Crippen LogP contribution in [0.5, 0.6) is 0 Å². The highest BCUT2D eigenvalue weighted by Crippen LogP contribution is 2.44. The Morgan fingerprint density at radius 2 is 1.71 bits per heavy atom. The first-order valence-corrected chi connectivity index (χ1v) is 11.1. The van der Waals surface area contributed by atoms with Crippen LogP contribution in [-0.4, -0.2) is 71.6 Å². The molecule has 1 aliphatic heterocycles. The number of carbonyl (C=O) groups is 3. The van der Waals surface area contributed by atoms with Gasteiger partial charge in [0.1, 0.15) is 12.6 Å². The molecule has 2 aromatic rings. The van der Waals surface area contributed by atoms with Crippen LogP contribution in [0.3, 0.4) is 0 Å². The standard InChI is InChI=1S/C25H26F2N2O5/c1-28(21(13-22(30)31)23(32)29-12-6-11-25(26,27)15-29)24(33)34-14-20-18-9-4-2-7-16(18)17-8-3-5-10-19(17)20/h2-5,7-10,20-21H,6,11-15H2,1H3,(H,30,31)/t21-/m0/s1. The van der Waals surface area contributed by atoms with Gasteiger partial charge in [-0.2, -0.15) is 0 Å². The molecule has 1 saturated heterocycles. The molecular formula is C25H26F2N2O5. The van der Waals surface area contributed by atoms with Crippen molar-refractivity contribution in [1.82, 2.24) is 9.80 Å². The van der Waals surface area contributed by atoms with Crippen molar-refractivity contribution in [3.63, 3.8) is 0 Å². The minimum atomic E-state index is -3.04. The predicted molar refractivity (Wildman–Crippen MR) is 120 cm³/mol. The van der Waals surface area contributed by atoms with Crippen molar-refractivity contribution in [1.29, 1.82) is 0 Å². The molecule has 7 nitrogen and oxygen atoms in total. The molecule has 180 valence electrons. The Bertz CT molecular complexity index is 1060. The van der Waals surface area contributed by atoms with E-state index in [1.54, 1.807) is 0 Å². The van der Waals surface area contributed by atoms with E-state index in [0.29, 0.717) is 0 Å². The molecule has 4 rings (SSSR count). The van der Waals surface area contributed by atoms with Crippen LogP contribution in [-0.2, 0) is 14.3 Å².